The van der Waals surface area contributed by atoms with Crippen LogP contribution in [-0.4, -0.2) is 36.7 Å². The number of carbonyl (C=O) groups is 2. The smallest absolute Gasteiger partial charge is 0.338 e. The van der Waals surface area contributed by atoms with Crippen LogP contribution in [0.4, 0.5) is 5.69 Å². The monoisotopic (exact) mass is 517 g/mol. The van der Waals surface area contributed by atoms with E-state index < -0.39 is 12.0 Å². The van der Waals surface area contributed by atoms with Gasteiger partial charge in [-0.05, 0) is 44.0 Å². The second kappa shape index (κ2) is 9.82. The Morgan fingerprint density at radius 2 is 1.81 bits per heavy atom. The first-order chi connectivity index (χ1) is 17.9. The average Bonchev–Trinajstić information content (AvgIpc) is 3.36. The van der Waals surface area contributed by atoms with Gasteiger partial charge in [0, 0.05) is 12.1 Å². The van der Waals surface area contributed by atoms with Crippen molar-refractivity contribution >= 4 is 34.5 Å². The molecule has 37 heavy (non-hydrogen) atoms. The van der Waals surface area contributed by atoms with Crippen LogP contribution in [-0.2, 0) is 14.3 Å². The van der Waals surface area contributed by atoms with E-state index in [0.717, 1.165) is 17.7 Å². The topological polar surface area (TPSA) is 90.2 Å². The van der Waals surface area contributed by atoms with Gasteiger partial charge in [-0.1, -0.05) is 48.6 Å². The molecule has 0 fully saturated rings. The first-order valence-corrected chi connectivity index (χ1v) is 13.0. The lowest BCUT2D eigenvalue weighted by molar-refractivity contribution is -0.139. The number of nitrogens with zero attached hydrogens (tertiary/aromatic N) is 3. The van der Waals surface area contributed by atoms with Crippen LogP contribution in [0.5, 0.6) is 5.75 Å². The molecule has 0 radical (unpaired) electrons. The summed E-state index contributed by atoms with van der Waals surface area (Å²) >= 11 is 1.17. The first kappa shape index (κ1) is 24.7. The molecule has 0 aliphatic carbocycles. The number of fused-ring (bicyclic) bond motifs is 2. The summed E-state index contributed by atoms with van der Waals surface area (Å²) in [6, 6.07) is 14.0. The average molecular weight is 518 g/mol. The number of hydrogen-bond donors (Lipinski definition) is 0. The van der Waals surface area contributed by atoms with E-state index in [4.69, 9.17) is 9.47 Å². The molecule has 9 heteroatoms. The minimum Gasteiger partial charge on any atom is -0.497 e. The molecule has 3 aromatic rings. The van der Waals surface area contributed by atoms with Crippen LogP contribution in [0.1, 0.15) is 44.4 Å². The molecule has 5 rings (SSSR count). The Kier molecular flexibility index (Phi) is 6.55. The van der Waals surface area contributed by atoms with Gasteiger partial charge >= 0.3 is 5.97 Å². The van der Waals surface area contributed by atoms with Crippen molar-refractivity contribution in [2.45, 2.75) is 33.2 Å². The summed E-state index contributed by atoms with van der Waals surface area (Å²) in [7, 11) is 1.58. The highest BCUT2D eigenvalue weighted by molar-refractivity contribution is 7.07. The van der Waals surface area contributed by atoms with Crippen LogP contribution in [0.3, 0.4) is 0 Å². The second-order valence-corrected chi connectivity index (χ2v) is 9.72. The molecule has 8 nitrogen and oxygen atoms in total. The third kappa shape index (κ3) is 3.99. The zero-order chi connectivity index (χ0) is 26.3. The van der Waals surface area contributed by atoms with E-state index in [1.165, 1.54) is 15.9 Å². The van der Waals surface area contributed by atoms with Crippen LogP contribution in [0.25, 0.3) is 5.57 Å². The lowest BCUT2D eigenvalue weighted by atomic mass is 9.96. The SMILES string of the molecule is CCCN1C(=O)/C(=c2\sc3n(c2=O)[C@@H](c2ccc(OC)cc2)C(C(=O)OCC)=C(C)N=3)c2ccccc21. The number of amides is 1. The van der Waals surface area contributed by atoms with E-state index in [2.05, 4.69) is 4.99 Å². The quantitative estimate of drug-likeness (QED) is 0.469. The minimum atomic E-state index is -0.756. The van der Waals surface area contributed by atoms with E-state index >= 15 is 0 Å². The van der Waals surface area contributed by atoms with E-state index in [0.29, 0.717) is 44.0 Å². The summed E-state index contributed by atoms with van der Waals surface area (Å²) in [6.45, 7) is 6.23. The fraction of sp³-hybridized carbons (Fsp3) is 0.286. The Morgan fingerprint density at radius 3 is 2.49 bits per heavy atom. The van der Waals surface area contributed by atoms with Crippen molar-refractivity contribution in [3.8, 4) is 5.75 Å². The van der Waals surface area contributed by atoms with Crippen LogP contribution in [0.2, 0.25) is 0 Å². The number of aromatic nitrogens is 1. The Bertz CT molecular complexity index is 1610. The summed E-state index contributed by atoms with van der Waals surface area (Å²) in [4.78, 5) is 47.5. The molecule has 1 amide bonds. The molecule has 0 spiro atoms. The predicted molar refractivity (Wildman–Crippen MR) is 141 cm³/mol. The fourth-order valence-electron chi connectivity index (χ4n) is 4.89. The van der Waals surface area contributed by atoms with Crippen LogP contribution in [0.15, 0.2) is 69.6 Å². The van der Waals surface area contributed by atoms with Crippen molar-refractivity contribution in [3.63, 3.8) is 0 Å². The van der Waals surface area contributed by atoms with Gasteiger partial charge in [-0.15, -0.1) is 0 Å². The number of anilines is 1. The number of rotatable bonds is 6. The molecule has 2 aromatic carbocycles. The molecule has 0 bridgehead atoms. The lowest BCUT2D eigenvalue weighted by Crippen LogP contribution is -2.41. The highest BCUT2D eigenvalue weighted by Crippen LogP contribution is 2.36. The number of methoxy groups -OCH3 is 1. The number of hydrogen-bond acceptors (Lipinski definition) is 7. The van der Waals surface area contributed by atoms with Gasteiger partial charge in [0.05, 0.1) is 42.3 Å². The van der Waals surface area contributed by atoms with Crippen molar-refractivity contribution in [1.82, 2.24) is 4.57 Å². The maximum atomic E-state index is 14.1. The van der Waals surface area contributed by atoms with Crippen molar-refractivity contribution < 1.29 is 19.1 Å². The third-order valence-electron chi connectivity index (χ3n) is 6.52. The molecule has 2 aliphatic heterocycles. The largest absolute Gasteiger partial charge is 0.497 e. The van der Waals surface area contributed by atoms with Crippen molar-refractivity contribution in [3.05, 3.63) is 90.6 Å². The van der Waals surface area contributed by atoms with Gasteiger partial charge < -0.3 is 14.4 Å². The van der Waals surface area contributed by atoms with Gasteiger partial charge in [0.15, 0.2) is 4.80 Å². The number of allylic oxidation sites excluding steroid dienone is 1. The van der Waals surface area contributed by atoms with Gasteiger partial charge in [-0.3, -0.25) is 14.2 Å². The van der Waals surface area contributed by atoms with Crippen LogP contribution >= 0.6 is 11.3 Å². The molecule has 1 atom stereocenters. The van der Waals surface area contributed by atoms with Gasteiger partial charge in [-0.25, -0.2) is 9.79 Å². The molecule has 1 aromatic heterocycles. The third-order valence-corrected chi connectivity index (χ3v) is 7.58. The predicted octanol–water partition coefficient (Wildman–Crippen LogP) is 2.93. The number of thiazole rings is 1. The summed E-state index contributed by atoms with van der Waals surface area (Å²) in [6.07, 6.45) is 0.786. The van der Waals surface area contributed by atoms with Gasteiger partial charge in [-0.2, -0.15) is 0 Å². The van der Waals surface area contributed by atoms with E-state index in [1.807, 2.05) is 43.3 Å². The number of carbonyl (C=O) groups excluding carboxylic acids is 2. The Morgan fingerprint density at radius 1 is 1.08 bits per heavy atom. The van der Waals surface area contributed by atoms with Crippen molar-refractivity contribution in [1.29, 1.82) is 0 Å². The number of para-hydroxylation sites is 1. The lowest BCUT2D eigenvalue weighted by Gasteiger charge is -2.24. The fourth-order valence-corrected chi connectivity index (χ4v) is 6.03. The highest BCUT2D eigenvalue weighted by Gasteiger charge is 2.37. The molecule has 3 heterocycles. The Hall–Kier alpha value is -3.98. The number of benzene rings is 2. The number of ether oxygens (including phenoxy) is 2. The molecule has 190 valence electrons. The summed E-state index contributed by atoms with van der Waals surface area (Å²) < 4.78 is 12.5. The zero-order valence-corrected chi connectivity index (χ0v) is 21.9. The standard InChI is InChI=1S/C28H27N3O5S/c1-5-15-30-20-10-8-7-9-19(20)22(25(30)32)24-26(33)31-23(17-11-13-18(35-4)14-12-17)21(27(34)36-6-2)16(3)29-28(31)37-24/h7-14,23H,5-6,15H2,1-4H3/b24-22-/t23-/m0/s1. The maximum Gasteiger partial charge on any atom is 0.338 e. The van der Waals surface area contributed by atoms with Crippen LogP contribution in [0, 0.1) is 0 Å². The van der Waals surface area contributed by atoms with E-state index in [1.54, 1.807) is 38.0 Å². The molecular formula is C28H27N3O5S. The Labute approximate surface area is 217 Å². The van der Waals surface area contributed by atoms with E-state index in [9.17, 15) is 14.4 Å². The molecular weight excluding hydrogens is 490 g/mol. The molecule has 0 N–H and O–H groups in total. The van der Waals surface area contributed by atoms with E-state index in [-0.39, 0.29) is 18.1 Å². The normalized spacial score (nSPS) is 17.9. The summed E-state index contributed by atoms with van der Waals surface area (Å²) in [5, 5.41) is 0. The summed E-state index contributed by atoms with van der Waals surface area (Å²) in [5.41, 5.74) is 3.01. The van der Waals surface area contributed by atoms with Crippen LogP contribution < -0.4 is 24.5 Å². The van der Waals surface area contributed by atoms with Gasteiger partial charge in [0.1, 0.15) is 10.3 Å². The highest BCUT2D eigenvalue weighted by atomic mass is 32.1. The molecule has 0 saturated carbocycles. The van der Waals surface area contributed by atoms with Crippen molar-refractivity contribution in [2.24, 2.45) is 4.99 Å². The molecule has 0 unspecified atom stereocenters. The first-order valence-electron chi connectivity index (χ1n) is 12.2. The Balaban J connectivity index is 1.79. The van der Waals surface area contributed by atoms with Gasteiger partial charge in [0.2, 0.25) is 0 Å². The second-order valence-electron chi connectivity index (χ2n) is 8.74. The molecule has 2 aliphatic rings. The number of esters is 1. The molecule has 0 saturated heterocycles. The van der Waals surface area contributed by atoms with Gasteiger partial charge in [0.25, 0.3) is 11.5 Å². The maximum absolute atomic E-state index is 14.1. The zero-order valence-electron chi connectivity index (χ0n) is 21.1. The van der Waals surface area contributed by atoms with Crippen molar-refractivity contribution in [2.75, 3.05) is 25.2 Å². The minimum absolute atomic E-state index is 0.193. The summed E-state index contributed by atoms with van der Waals surface area (Å²) in [5.74, 6) is -0.0736.